The summed E-state index contributed by atoms with van der Waals surface area (Å²) in [6, 6.07) is 13.6. The summed E-state index contributed by atoms with van der Waals surface area (Å²) in [6.45, 7) is 18.0. The summed E-state index contributed by atoms with van der Waals surface area (Å²) in [5.74, 6) is 0.599. The highest BCUT2D eigenvalue weighted by Crippen LogP contribution is 2.42. The van der Waals surface area contributed by atoms with Crippen LogP contribution in [0.1, 0.15) is 104 Å². The summed E-state index contributed by atoms with van der Waals surface area (Å²) in [5.41, 5.74) is 1.26. The Balaban J connectivity index is 1.48. The van der Waals surface area contributed by atoms with Crippen molar-refractivity contribution >= 4 is 46.4 Å². The molecule has 270 valence electrons. The predicted molar refractivity (Wildman–Crippen MR) is 193 cm³/mol. The number of hydrogen-bond acceptors (Lipinski definition) is 9. The van der Waals surface area contributed by atoms with E-state index >= 15 is 0 Å². The van der Waals surface area contributed by atoms with Crippen LogP contribution < -0.4 is 10.6 Å². The van der Waals surface area contributed by atoms with Crippen LogP contribution in [0.3, 0.4) is 0 Å². The number of hydrogen-bond donors (Lipinski definition) is 2. The van der Waals surface area contributed by atoms with Crippen molar-refractivity contribution in [2.75, 3.05) is 13.1 Å². The van der Waals surface area contributed by atoms with E-state index in [-0.39, 0.29) is 6.04 Å². The molecule has 5 rings (SSSR count). The molecule has 0 bridgehead atoms. The number of nitrogens with one attached hydrogen (secondary N) is 2. The second kappa shape index (κ2) is 14.2. The second-order valence-electron chi connectivity index (χ2n) is 15.8. The number of carbonyl (C=O) groups excluding carboxylic acids is 3. The molecular formula is C38H49ClN4O7. The van der Waals surface area contributed by atoms with E-state index < -0.39 is 41.2 Å². The Bertz CT molecular complexity index is 1710. The molecule has 2 N–H and O–H groups in total. The van der Waals surface area contributed by atoms with Gasteiger partial charge in [-0.05, 0) is 111 Å². The highest BCUT2D eigenvalue weighted by Gasteiger charge is 2.41. The molecule has 50 heavy (non-hydrogen) atoms. The van der Waals surface area contributed by atoms with Crippen molar-refractivity contribution in [3.8, 4) is 0 Å². The van der Waals surface area contributed by atoms with Crippen molar-refractivity contribution in [1.82, 2.24) is 20.4 Å². The van der Waals surface area contributed by atoms with Crippen LogP contribution in [0.5, 0.6) is 0 Å². The van der Waals surface area contributed by atoms with Gasteiger partial charge in [0.2, 0.25) is 0 Å². The molecular weight excluding hydrogens is 660 g/mol. The molecule has 1 saturated heterocycles. The molecule has 3 heterocycles. The number of likely N-dealkylation sites (tertiary alicyclic amines) is 1. The first-order valence-corrected chi connectivity index (χ1v) is 17.4. The monoisotopic (exact) mass is 708 g/mol. The number of para-hydroxylation sites is 1. The molecule has 0 aliphatic carbocycles. The first-order chi connectivity index (χ1) is 23.3. The molecule has 3 amide bonds. The normalized spacial score (nSPS) is 17.3. The predicted octanol–water partition coefficient (Wildman–Crippen LogP) is 8.74. The third-order valence-electron chi connectivity index (χ3n) is 7.98. The second-order valence-corrected chi connectivity index (χ2v) is 16.2. The number of piperidine rings is 1. The van der Waals surface area contributed by atoms with Crippen LogP contribution in [0.25, 0.3) is 16.5 Å². The smallest absolute Gasteiger partial charge is 0.421 e. The van der Waals surface area contributed by atoms with Gasteiger partial charge in [0.25, 0.3) is 0 Å². The first kappa shape index (κ1) is 37.0. The molecule has 0 spiro atoms. The van der Waals surface area contributed by atoms with E-state index in [1.807, 2.05) is 63.2 Å². The van der Waals surface area contributed by atoms with Crippen LogP contribution in [-0.2, 0) is 20.8 Å². The summed E-state index contributed by atoms with van der Waals surface area (Å²) in [5, 5.41) is 7.52. The number of amides is 3. The molecule has 0 saturated carbocycles. The molecule has 1 atom stereocenters. The van der Waals surface area contributed by atoms with Gasteiger partial charge in [0, 0.05) is 53.4 Å². The fourth-order valence-electron chi connectivity index (χ4n) is 5.99. The van der Waals surface area contributed by atoms with Crippen molar-refractivity contribution in [3.05, 3.63) is 76.1 Å². The van der Waals surface area contributed by atoms with Gasteiger partial charge in [0.1, 0.15) is 34.3 Å². The third-order valence-corrected chi connectivity index (χ3v) is 8.30. The van der Waals surface area contributed by atoms with Crippen molar-refractivity contribution in [2.24, 2.45) is 0 Å². The fraction of sp³-hybridized carbons (Fsp3) is 0.500. The number of imide groups is 1. The van der Waals surface area contributed by atoms with Crippen LogP contribution in [0.15, 0.2) is 53.1 Å². The molecule has 2 aliphatic rings. The average molecular weight is 709 g/mol. The Morgan fingerprint density at radius 3 is 2.08 bits per heavy atom. The van der Waals surface area contributed by atoms with Crippen molar-refractivity contribution in [2.45, 2.75) is 111 Å². The van der Waals surface area contributed by atoms with E-state index in [9.17, 15) is 14.4 Å². The molecule has 1 fully saturated rings. The van der Waals surface area contributed by atoms with Gasteiger partial charge in [0.05, 0.1) is 0 Å². The van der Waals surface area contributed by atoms with Gasteiger partial charge in [-0.3, -0.25) is 4.90 Å². The zero-order chi connectivity index (χ0) is 36.6. The Kier molecular flexibility index (Phi) is 10.5. The number of rotatable bonds is 5. The lowest BCUT2D eigenvalue weighted by atomic mass is 9.91. The highest BCUT2D eigenvalue weighted by molar-refractivity contribution is 6.32. The van der Waals surface area contributed by atoms with E-state index in [0.29, 0.717) is 34.0 Å². The summed E-state index contributed by atoms with van der Waals surface area (Å²) in [4.78, 5) is 43.0. The number of nitrogens with zero attached hydrogens (tertiary/aromatic N) is 2. The van der Waals surface area contributed by atoms with Crippen LogP contribution in [0, 0.1) is 0 Å². The van der Waals surface area contributed by atoms with Crippen LogP contribution in [-0.4, -0.2) is 64.0 Å². The number of carbonyl (C=O) groups is 3. The molecule has 12 heteroatoms. The van der Waals surface area contributed by atoms with Gasteiger partial charge >= 0.3 is 18.3 Å². The minimum absolute atomic E-state index is 0.0226. The van der Waals surface area contributed by atoms with Crippen LogP contribution in [0.4, 0.5) is 14.4 Å². The summed E-state index contributed by atoms with van der Waals surface area (Å²) in [7, 11) is 0. The molecule has 2 aliphatic heterocycles. The van der Waals surface area contributed by atoms with Gasteiger partial charge in [-0.2, -0.15) is 4.90 Å². The van der Waals surface area contributed by atoms with E-state index in [2.05, 4.69) is 15.5 Å². The van der Waals surface area contributed by atoms with E-state index in [4.69, 9.17) is 30.2 Å². The lowest BCUT2D eigenvalue weighted by molar-refractivity contribution is -0.00981. The zero-order valence-electron chi connectivity index (χ0n) is 30.4. The lowest BCUT2D eigenvalue weighted by Crippen LogP contribution is -2.49. The van der Waals surface area contributed by atoms with Crippen LogP contribution >= 0.6 is 11.6 Å². The lowest BCUT2D eigenvalue weighted by Gasteiger charge is -2.37. The maximum Gasteiger partial charge on any atom is 0.421 e. The van der Waals surface area contributed by atoms with Gasteiger partial charge in [-0.25, -0.2) is 14.4 Å². The van der Waals surface area contributed by atoms with Crippen molar-refractivity contribution in [1.29, 1.82) is 0 Å². The van der Waals surface area contributed by atoms with Gasteiger partial charge in [-0.1, -0.05) is 29.8 Å². The molecule has 2 aromatic carbocycles. The number of furan rings is 1. The molecule has 1 aromatic heterocycles. The summed E-state index contributed by atoms with van der Waals surface area (Å²) < 4.78 is 23.1. The summed E-state index contributed by atoms with van der Waals surface area (Å²) in [6.07, 6.45) is 0.0816. The molecule has 0 radical (unpaired) electrons. The Hall–Kier alpha value is -4.22. The standard InChI is InChI=1S/C38H49ClN4O7/c1-36(2,3)48-33(44)41-25-14-16-42(17-15-25)22-23-18-26-27(30-20-24-12-10-11-13-29(24)47-30)21-40-32(31(26)28(39)19-23)43(34(45)49-37(4,5)6)35(46)50-38(7,8)9/h10-13,18-21,25,32,40H,14-17,22H2,1-9H3,(H,41,44). The highest BCUT2D eigenvalue weighted by atomic mass is 35.5. The number of alkyl carbamates (subject to hydrolysis) is 1. The first-order valence-electron chi connectivity index (χ1n) is 17.0. The zero-order valence-corrected chi connectivity index (χ0v) is 31.2. The van der Waals surface area contributed by atoms with E-state index in [1.54, 1.807) is 47.7 Å². The molecule has 3 aromatic rings. The Morgan fingerprint density at radius 1 is 0.900 bits per heavy atom. The maximum atomic E-state index is 13.7. The minimum Gasteiger partial charge on any atom is -0.456 e. The van der Waals surface area contributed by atoms with Gasteiger partial charge in [0.15, 0.2) is 0 Å². The average Bonchev–Trinajstić information content (AvgIpc) is 3.39. The van der Waals surface area contributed by atoms with Gasteiger partial charge in [-0.15, -0.1) is 0 Å². The number of ether oxygens (including phenoxy) is 3. The maximum absolute atomic E-state index is 13.7. The van der Waals surface area contributed by atoms with E-state index in [1.165, 1.54) is 0 Å². The Labute approximate surface area is 299 Å². The Morgan fingerprint density at radius 2 is 1.50 bits per heavy atom. The fourth-order valence-corrected chi connectivity index (χ4v) is 6.33. The van der Waals surface area contributed by atoms with E-state index in [0.717, 1.165) is 47.4 Å². The van der Waals surface area contributed by atoms with Crippen molar-refractivity contribution < 1.29 is 33.0 Å². The van der Waals surface area contributed by atoms with Crippen LogP contribution in [0.2, 0.25) is 5.02 Å². The number of halogens is 1. The molecule has 11 nitrogen and oxygen atoms in total. The quantitative estimate of drug-likeness (QED) is 0.251. The topological polar surface area (TPSA) is 123 Å². The minimum atomic E-state index is -1.04. The number of benzene rings is 2. The van der Waals surface area contributed by atoms with Gasteiger partial charge < -0.3 is 29.3 Å². The third kappa shape index (κ3) is 9.31. The summed E-state index contributed by atoms with van der Waals surface area (Å²) >= 11 is 7.14. The number of fused-ring (bicyclic) bond motifs is 2. The largest absolute Gasteiger partial charge is 0.456 e. The molecule has 1 unspecified atom stereocenters. The van der Waals surface area contributed by atoms with Crippen molar-refractivity contribution in [3.63, 3.8) is 0 Å². The SMILES string of the molecule is CC(C)(C)OC(=O)NC1CCN(Cc2cc(Cl)c3c(c2)C(c2cc4ccccc4o2)=CNC3N(C(=O)OC(C)(C)C)C(=O)OC(C)(C)C)CC1.